The van der Waals surface area contributed by atoms with Crippen LogP contribution in [0, 0.1) is 0 Å². The van der Waals surface area contributed by atoms with Crippen molar-refractivity contribution in [2.45, 2.75) is 12.5 Å². The van der Waals surface area contributed by atoms with Gasteiger partial charge >= 0.3 is 0 Å². The summed E-state index contributed by atoms with van der Waals surface area (Å²) in [6.07, 6.45) is 0.506. The zero-order valence-corrected chi connectivity index (χ0v) is 13.9. The number of ether oxygens (including phenoxy) is 1. The summed E-state index contributed by atoms with van der Waals surface area (Å²) in [5.74, 6) is 0.169. The van der Waals surface area contributed by atoms with Gasteiger partial charge < -0.3 is 9.64 Å². The third kappa shape index (κ3) is 4.10. The highest BCUT2D eigenvalue weighted by molar-refractivity contribution is 7.91. The second kappa shape index (κ2) is 6.98. The fourth-order valence-corrected chi connectivity index (χ4v) is 4.85. The quantitative estimate of drug-likeness (QED) is 0.802. The molecule has 0 aliphatic carbocycles. The second-order valence-electron chi connectivity index (χ2n) is 6.04. The molecule has 7 heteroatoms. The Morgan fingerprint density at radius 3 is 2.52 bits per heavy atom. The van der Waals surface area contributed by atoms with E-state index in [1.165, 1.54) is 0 Å². The zero-order chi connectivity index (χ0) is 16.3. The van der Waals surface area contributed by atoms with Crippen LogP contribution in [0.3, 0.4) is 0 Å². The van der Waals surface area contributed by atoms with Crippen molar-refractivity contribution in [3.63, 3.8) is 0 Å². The van der Waals surface area contributed by atoms with E-state index >= 15 is 0 Å². The standard InChI is InChI=1S/C16H22N2O4S/c19-16(12-17-7-9-22-10-8-17)18(14-4-2-1-3-5-14)15-6-11-23(20,21)13-15/h1-5,15H,6-13H2/t15-/m0/s1. The number of benzene rings is 1. The van der Waals surface area contributed by atoms with Gasteiger partial charge in [-0.3, -0.25) is 9.69 Å². The fraction of sp³-hybridized carbons (Fsp3) is 0.562. The van der Waals surface area contributed by atoms with Crippen molar-refractivity contribution in [3.05, 3.63) is 30.3 Å². The predicted octanol–water partition coefficient (Wildman–Crippen LogP) is 0.539. The van der Waals surface area contributed by atoms with E-state index in [1.54, 1.807) is 4.90 Å². The van der Waals surface area contributed by atoms with E-state index in [-0.39, 0.29) is 23.5 Å². The molecule has 2 aliphatic heterocycles. The van der Waals surface area contributed by atoms with Crippen LogP contribution in [0.4, 0.5) is 5.69 Å². The van der Waals surface area contributed by atoms with Gasteiger partial charge in [-0.2, -0.15) is 0 Å². The van der Waals surface area contributed by atoms with E-state index in [2.05, 4.69) is 4.90 Å². The normalized spacial score (nSPS) is 24.4. The molecule has 1 aromatic carbocycles. The van der Waals surface area contributed by atoms with Gasteiger partial charge in [-0.05, 0) is 18.6 Å². The number of para-hydroxylation sites is 1. The molecule has 0 spiro atoms. The first-order chi connectivity index (χ1) is 11.1. The molecule has 2 aliphatic rings. The smallest absolute Gasteiger partial charge is 0.241 e. The molecule has 0 aromatic heterocycles. The van der Waals surface area contributed by atoms with E-state index in [4.69, 9.17) is 4.74 Å². The molecule has 1 amide bonds. The van der Waals surface area contributed by atoms with Gasteiger partial charge in [-0.15, -0.1) is 0 Å². The van der Waals surface area contributed by atoms with Crippen molar-refractivity contribution in [1.29, 1.82) is 0 Å². The predicted molar refractivity (Wildman–Crippen MR) is 88.2 cm³/mol. The lowest BCUT2D eigenvalue weighted by Gasteiger charge is -2.32. The summed E-state index contributed by atoms with van der Waals surface area (Å²) in [7, 11) is -3.04. The van der Waals surface area contributed by atoms with E-state index in [0.717, 1.165) is 18.8 Å². The lowest BCUT2D eigenvalue weighted by Crippen LogP contribution is -2.48. The largest absolute Gasteiger partial charge is 0.379 e. The first-order valence-corrected chi connectivity index (χ1v) is 9.75. The Morgan fingerprint density at radius 1 is 1.22 bits per heavy atom. The summed E-state index contributed by atoms with van der Waals surface area (Å²) in [4.78, 5) is 16.6. The Bertz CT molecular complexity index is 641. The number of hydrogen-bond donors (Lipinski definition) is 0. The highest BCUT2D eigenvalue weighted by Crippen LogP contribution is 2.24. The van der Waals surface area contributed by atoms with E-state index in [1.807, 2.05) is 30.3 Å². The molecule has 2 heterocycles. The molecule has 6 nitrogen and oxygen atoms in total. The molecule has 1 aromatic rings. The average Bonchev–Trinajstić information content (AvgIpc) is 2.89. The Morgan fingerprint density at radius 2 is 1.91 bits per heavy atom. The molecule has 0 saturated carbocycles. The van der Waals surface area contributed by atoms with Gasteiger partial charge in [0.2, 0.25) is 5.91 Å². The van der Waals surface area contributed by atoms with Crippen molar-refractivity contribution in [1.82, 2.24) is 4.90 Å². The van der Waals surface area contributed by atoms with Gasteiger partial charge in [0.15, 0.2) is 9.84 Å². The minimum atomic E-state index is -3.04. The maximum absolute atomic E-state index is 12.9. The fourth-order valence-electron chi connectivity index (χ4n) is 3.15. The Kier molecular flexibility index (Phi) is 4.99. The van der Waals surface area contributed by atoms with Gasteiger partial charge in [0.05, 0.1) is 37.3 Å². The number of anilines is 1. The third-order valence-electron chi connectivity index (χ3n) is 4.34. The van der Waals surface area contributed by atoms with Crippen LogP contribution in [-0.4, -0.2) is 69.6 Å². The summed E-state index contributed by atoms with van der Waals surface area (Å²) in [5, 5.41) is 0. The van der Waals surface area contributed by atoms with Crippen LogP contribution in [0.25, 0.3) is 0 Å². The number of carbonyl (C=O) groups is 1. The molecule has 23 heavy (non-hydrogen) atoms. The number of sulfone groups is 1. The molecular formula is C16H22N2O4S. The molecule has 2 fully saturated rings. The van der Waals surface area contributed by atoms with E-state index in [9.17, 15) is 13.2 Å². The van der Waals surface area contributed by atoms with Gasteiger partial charge in [-0.25, -0.2) is 8.42 Å². The minimum absolute atomic E-state index is 0.0415. The lowest BCUT2D eigenvalue weighted by atomic mass is 10.1. The average molecular weight is 338 g/mol. The van der Waals surface area contributed by atoms with Crippen molar-refractivity contribution >= 4 is 21.4 Å². The highest BCUT2D eigenvalue weighted by Gasteiger charge is 2.35. The number of carbonyl (C=O) groups excluding carboxylic acids is 1. The monoisotopic (exact) mass is 338 g/mol. The summed E-state index contributed by atoms with van der Waals surface area (Å²) in [6.45, 7) is 3.04. The molecule has 0 N–H and O–H groups in total. The molecule has 0 bridgehead atoms. The molecule has 3 rings (SSSR count). The van der Waals surface area contributed by atoms with Gasteiger partial charge in [0, 0.05) is 18.8 Å². The minimum Gasteiger partial charge on any atom is -0.379 e. The maximum Gasteiger partial charge on any atom is 0.241 e. The SMILES string of the molecule is O=C(CN1CCOCC1)N(c1ccccc1)[C@H]1CCS(=O)(=O)C1. The Labute approximate surface area is 136 Å². The van der Waals surface area contributed by atoms with Gasteiger partial charge in [0.25, 0.3) is 0 Å². The number of morpholine rings is 1. The highest BCUT2D eigenvalue weighted by atomic mass is 32.2. The van der Waals surface area contributed by atoms with Crippen molar-refractivity contribution < 1.29 is 17.9 Å². The van der Waals surface area contributed by atoms with Crippen LogP contribution in [0.5, 0.6) is 0 Å². The first kappa shape index (κ1) is 16.4. The molecule has 0 unspecified atom stereocenters. The maximum atomic E-state index is 12.9. The summed E-state index contributed by atoms with van der Waals surface area (Å²) >= 11 is 0. The molecule has 126 valence electrons. The number of hydrogen-bond acceptors (Lipinski definition) is 5. The van der Waals surface area contributed by atoms with Gasteiger partial charge in [0.1, 0.15) is 0 Å². The van der Waals surface area contributed by atoms with Crippen LogP contribution < -0.4 is 4.90 Å². The van der Waals surface area contributed by atoms with Crippen LogP contribution in [-0.2, 0) is 19.4 Å². The third-order valence-corrected chi connectivity index (χ3v) is 6.09. The summed E-state index contributed by atoms with van der Waals surface area (Å²) in [5.41, 5.74) is 0.771. The number of rotatable bonds is 4. The zero-order valence-electron chi connectivity index (χ0n) is 13.1. The van der Waals surface area contributed by atoms with Gasteiger partial charge in [-0.1, -0.05) is 18.2 Å². The van der Waals surface area contributed by atoms with Crippen molar-refractivity contribution in [2.24, 2.45) is 0 Å². The van der Waals surface area contributed by atoms with Crippen molar-refractivity contribution in [3.8, 4) is 0 Å². The van der Waals surface area contributed by atoms with E-state index < -0.39 is 9.84 Å². The molecule has 0 radical (unpaired) electrons. The van der Waals surface area contributed by atoms with Crippen LogP contribution in [0.1, 0.15) is 6.42 Å². The molecule has 2 saturated heterocycles. The van der Waals surface area contributed by atoms with Crippen LogP contribution in [0.15, 0.2) is 30.3 Å². The van der Waals surface area contributed by atoms with Crippen LogP contribution in [0.2, 0.25) is 0 Å². The van der Waals surface area contributed by atoms with Crippen molar-refractivity contribution in [2.75, 3.05) is 49.3 Å². The molecule has 1 atom stereocenters. The number of nitrogens with zero attached hydrogens (tertiary/aromatic N) is 2. The summed E-state index contributed by atoms with van der Waals surface area (Å²) < 4.78 is 29.0. The first-order valence-electron chi connectivity index (χ1n) is 7.93. The summed E-state index contributed by atoms with van der Waals surface area (Å²) in [6, 6.07) is 9.08. The molecular weight excluding hydrogens is 316 g/mol. The van der Waals surface area contributed by atoms with Crippen LogP contribution >= 0.6 is 0 Å². The second-order valence-corrected chi connectivity index (χ2v) is 8.27. The lowest BCUT2D eigenvalue weighted by molar-refractivity contribution is -0.121. The Balaban J connectivity index is 1.78. The number of amides is 1. The van der Waals surface area contributed by atoms with E-state index in [0.29, 0.717) is 26.2 Å². The topological polar surface area (TPSA) is 66.9 Å². The Hall–Kier alpha value is -1.44.